The summed E-state index contributed by atoms with van der Waals surface area (Å²) in [5.74, 6) is 2.60. The Morgan fingerprint density at radius 2 is 1.54 bits per heavy atom. The van der Waals surface area contributed by atoms with Crippen molar-refractivity contribution in [2.45, 2.75) is 75.0 Å². The fourth-order valence-corrected chi connectivity index (χ4v) is 9.33. The lowest BCUT2D eigenvalue weighted by Crippen LogP contribution is -2.54. The van der Waals surface area contributed by atoms with E-state index in [0.29, 0.717) is 10.3 Å². The number of likely N-dealkylation sites (tertiary alicyclic amines) is 1. The maximum absolute atomic E-state index is 12.1. The zero-order valence-electron chi connectivity index (χ0n) is 22.6. The monoisotopic (exact) mass is 520 g/mol. The minimum absolute atomic E-state index is 0.156. The molecule has 4 nitrogen and oxygen atoms in total. The first kappa shape index (κ1) is 25.4. The van der Waals surface area contributed by atoms with E-state index < -0.39 is 9.84 Å². The molecule has 2 aromatic carbocycles. The Balaban J connectivity index is 1.06. The van der Waals surface area contributed by atoms with Crippen molar-refractivity contribution in [3.63, 3.8) is 0 Å². The van der Waals surface area contributed by atoms with E-state index in [2.05, 4.69) is 34.1 Å². The molecule has 0 amide bonds. The molecule has 37 heavy (non-hydrogen) atoms. The van der Waals surface area contributed by atoms with Gasteiger partial charge in [-0.3, -0.25) is 0 Å². The quantitative estimate of drug-likeness (QED) is 0.443. The first-order chi connectivity index (χ1) is 18.0. The summed E-state index contributed by atoms with van der Waals surface area (Å²) in [7, 11) is -3.12. The summed E-state index contributed by atoms with van der Waals surface area (Å²) in [6, 6.07) is 17.0. The lowest BCUT2D eigenvalue weighted by atomic mass is 9.54. The van der Waals surface area contributed by atoms with Crippen LogP contribution in [0.5, 0.6) is 0 Å². The second-order valence-corrected chi connectivity index (χ2v) is 14.6. The number of piperidine rings is 1. The Hall–Kier alpha value is -1.85. The highest BCUT2D eigenvalue weighted by Gasteiger charge is 2.49. The molecule has 2 aliphatic heterocycles. The van der Waals surface area contributed by atoms with Crippen molar-refractivity contribution in [3.8, 4) is 0 Å². The second kappa shape index (κ2) is 10.4. The molecule has 2 aliphatic carbocycles. The highest BCUT2D eigenvalue weighted by atomic mass is 32.2. The van der Waals surface area contributed by atoms with Crippen LogP contribution in [0.2, 0.25) is 0 Å². The molecule has 1 saturated carbocycles. The van der Waals surface area contributed by atoms with Crippen LogP contribution in [0.15, 0.2) is 53.4 Å². The summed E-state index contributed by atoms with van der Waals surface area (Å²) < 4.78 is 24.2. The summed E-state index contributed by atoms with van der Waals surface area (Å²) in [6.45, 7) is 7.58. The van der Waals surface area contributed by atoms with Crippen LogP contribution in [-0.2, 0) is 21.7 Å². The number of rotatable bonds is 7. The Morgan fingerprint density at radius 1 is 0.865 bits per heavy atom. The lowest BCUT2D eigenvalue weighted by Gasteiger charge is -2.52. The van der Waals surface area contributed by atoms with Gasteiger partial charge in [-0.15, -0.1) is 0 Å². The van der Waals surface area contributed by atoms with Gasteiger partial charge in [0.25, 0.3) is 0 Å². The number of benzene rings is 2. The zero-order chi connectivity index (χ0) is 25.5. The van der Waals surface area contributed by atoms with Crippen LogP contribution >= 0.6 is 0 Å². The summed E-state index contributed by atoms with van der Waals surface area (Å²) in [4.78, 5) is 5.58. The van der Waals surface area contributed by atoms with Crippen LogP contribution in [0.3, 0.4) is 0 Å². The van der Waals surface area contributed by atoms with E-state index in [9.17, 15) is 8.42 Å². The predicted octanol–water partition coefficient (Wildman–Crippen LogP) is 6.09. The molecule has 0 bridgehead atoms. The predicted molar refractivity (Wildman–Crippen MR) is 152 cm³/mol. The summed E-state index contributed by atoms with van der Waals surface area (Å²) in [6.07, 6.45) is 12.5. The van der Waals surface area contributed by atoms with Gasteiger partial charge in [-0.25, -0.2) is 8.42 Å². The molecule has 3 fully saturated rings. The van der Waals surface area contributed by atoms with Crippen molar-refractivity contribution < 1.29 is 8.42 Å². The topological polar surface area (TPSA) is 40.6 Å². The normalized spacial score (nSPS) is 26.2. The van der Waals surface area contributed by atoms with Crippen molar-refractivity contribution in [2.75, 3.05) is 43.4 Å². The second-order valence-electron chi connectivity index (χ2n) is 12.3. The maximum Gasteiger partial charge on any atom is 0.178 e. The van der Waals surface area contributed by atoms with Crippen molar-refractivity contribution in [1.29, 1.82) is 0 Å². The Kier molecular flexibility index (Phi) is 7.13. The molecule has 1 unspecified atom stereocenters. The van der Waals surface area contributed by atoms with Crippen LogP contribution in [0, 0.1) is 17.8 Å². The summed E-state index contributed by atoms with van der Waals surface area (Å²) >= 11 is 0. The SMILES string of the molecule is CCS(=O)(=O)c1ccc(N2CC(CN3CCC(C4(C5CCCC5)CCCc5ccccc54)CC3)C2)cc1. The van der Waals surface area contributed by atoms with Gasteiger partial charge in [-0.2, -0.15) is 0 Å². The Labute approximate surface area is 224 Å². The fourth-order valence-electron chi connectivity index (χ4n) is 8.44. The molecule has 6 rings (SSSR count). The van der Waals surface area contributed by atoms with Crippen molar-refractivity contribution in [2.24, 2.45) is 17.8 Å². The Morgan fingerprint density at radius 3 is 2.24 bits per heavy atom. The average Bonchev–Trinajstić information content (AvgIpc) is 3.46. The third kappa shape index (κ3) is 4.76. The van der Waals surface area contributed by atoms with Gasteiger partial charge in [0.1, 0.15) is 0 Å². The molecule has 1 atom stereocenters. The van der Waals surface area contributed by atoms with Crippen LogP contribution in [0.25, 0.3) is 0 Å². The minimum Gasteiger partial charge on any atom is -0.371 e. The van der Waals surface area contributed by atoms with Gasteiger partial charge in [0, 0.05) is 36.7 Å². The average molecular weight is 521 g/mol. The largest absolute Gasteiger partial charge is 0.371 e. The van der Waals surface area contributed by atoms with Gasteiger partial charge < -0.3 is 9.80 Å². The third-order valence-electron chi connectivity index (χ3n) is 10.4. The lowest BCUT2D eigenvalue weighted by molar-refractivity contribution is 0.0648. The van der Waals surface area contributed by atoms with E-state index >= 15 is 0 Å². The molecular weight excluding hydrogens is 476 g/mol. The first-order valence-electron chi connectivity index (χ1n) is 14.9. The standard InChI is InChI=1S/C32H44N2O2S/c1-2-37(35,36)30-15-13-29(14-16-30)34-23-25(24-34)22-33-20-17-28(18-21-33)32(27-10-4-5-11-27)19-7-9-26-8-3-6-12-31(26)32/h3,6,8,12-16,25,27-28H,2,4-5,7,9-11,17-24H2,1H3. The van der Waals surface area contributed by atoms with Gasteiger partial charge in [0.2, 0.25) is 0 Å². The smallest absolute Gasteiger partial charge is 0.178 e. The van der Waals surface area contributed by atoms with Crippen LogP contribution in [0.4, 0.5) is 5.69 Å². The van der Waals surface area contributed by atoms with E-state index in [1.807, 2.05) is 12.1 Å². The Bertz CT molecular complexity index is 1170. The first-order valence-corrected chi connectivity index (χ1v) is 16.5. The summed E-state index contributed by atoms with van der Waals surface area (Å²) in [5.41, 5.74) is 4.97. The number of hydrogen-bond acceptors (Lipinski definition) is 4. The van der Waals surface area contributed by atoms with Crippen molar-refractivity contribution in [3.05, 3.63) is 59.7 Å². The molecule has 0 N–H and O–H groups in total. The molecule has 2 heterocycles. The van der Waals surface area contributed by atoms with Gasteiger partial charge in [-0.05, 0) is 105 Å². The van der Waals surface area contributed by atoms with Gasteiger partial charge in [0.15, 0.2) is 9.84 Å². The fraction of sp³-hybridized carbons (Fsp3) is 0.625. The molecule has 4 aliphatic rings. The number of anilines is 1. The van der Waals surface area contributed by atoms with E-state index in [4.69, 9.17) is 0 Å². The van der Waals surface area contributed by atoms with Crippen molar-refractivity contribution in [1.82, 2.24) is 4.90 Å². The molecule has 2 aromatic rings. The van der Waals surface area contributed by atoms with Crippen LogP contribution < -0.4 is 4.90 Å². The van der Waals surface area contributed by atoms with Gasteiger partial charge in [0.05, 0.1) is 10.6 Å². The molecule has 2 saturated heterocycles. The maximum atomic E-state index is 12.1. The molecule has 0 radical (unpaired) electrons. The van der Waals surface area contributed by atoms with Crippen LogP contribution in [-0.4, -0.2) is 51.8 Å². The highest BCUT2D eigenvalue weighted by molar-refractivity contribution is 7.91. The number of fused-ring (bicyclic) bond motifs is 1. The van der Waals surface area contributed by atoms with Gasteiger partial charge >= 0.3 is 0 Å². The zero-order valence-corrected chi connectivity index (χ0v) is 23.4. The van der Waals surface area contributed by atoms with E-state index in [0.717, 1.165) is 36.5 Å². The molecule has 200 valence electrons. The minimum atomic E-state index is -3.12. The number of sulfone groups is 1. The van der Waals surface area contributed by atoms with Crippen molar-refractivity contribution >= 4 is 15.5 Å². The molecule has 5 heteroatoms. The third-order valence-corrected chi connectivity index (χ3v) is 12.1. The molecule has 0 aromatic heterocycles. The van der Waals surface area contributed by atoms with E-state index in [-0.39, 0.29) is 5.75 Å². The number of nitrogens with zero attached hydrogens (tertiary/aromatic N) is 2. The van der Waals surface area contributed by atoms with E-state index in [1.165, 1.54) is 77.4 Å². The molecule has 0 spiro atoms. The number of aryl methyl sites for hydroxylation is 1. The van der Waals surface area contributed by atoms with E-state index in [1.54, 1.807) is 30.2 Å². The van der Waals surface area contributed by atoms with Crippen LogP contribution in [0.1, 0.15) is 69.4 Å². The number of hydrogen-bond donors (Lipinski definition) is 0. The highest BCUT2D eigenvalue weighted by Crippen LogP contribution is 2.55. The van der Waals surface area contributed by atoms with Gasteiger partial charge in [-0.1, -0.05) is 44.0 Å². The summed E-state index contributed by atoms with van der Waals surface area (Å²) in [5, 5.41) is 0. The molecular formula is C32H44N2O2S.